The van der Waals surface area contributed by atoms with Gasteiger partial charge in [-0.15, -0.1) is 10.2 Å². The van der Waals surface area contributed by atoms with Crippen LogP contribution in [0.1, 0.15) is 108 Å². The molecule has 1 N–H and O–H groups in total. The van der Waals surface area contributed by atoms with Crippen molar-refractivity contribution >= 4 is 60.9 Å². The van der Waals surface area contributed by atoms with Gasteiger partial charge in [0.1, 0.15) is 17.6 Å². The third-order valence-electron chi connectivity index (χ3n) is 17.8. The summed E-state index contributed by atoms with van der Waals surface area (Å²) in [5.41, 5.74) is 4.27. The van der Waals surface area contributed by atoms with Crippen LogP contribution in [0.2, 0.25) is 0 Å². The van der Waals surface area contributed by atoms with Crippen molar-refractivity contribution in [2.24, 2.45) is 11.8 Å². The van der Waals surface area contributed by atoms with E-state index in [0.717, 1.165) is 47.2 Å². The Hall–Kier alpha value is -8.97. The van der Waals surface area contributed by atoms with Gasteiger partial charge in [-0.2, -0.15) is 36.5 Å². The van der Waals surface area contributed by atoms with Crippen LogP contribution in [0, 0.1) is 11.8 Å². The first kappa shape index (κ1) is 60.0. The van der Waals surface area contributed by atoms with E-state index in [4.69, 9.17) is 10.2 Å². The molecule has 7 heterocycles. The van der Waals surface area contributed by atoms with Crippen molar-refractivity contribution in [3.63, 3.8) is 0 Å². The van der Waals surface area contributed by atoms with Crippen molar-refractivity contribution in [2.45, 2.75) is 96.4 Å². The van der Waals surface area contributed by atoms with E-state index in [-0.39, 0.29) is 74.9 Å². The van der Waals surface area contributed by atoms with Crippen LogP contribution in [-0.4, -0.2) is 89.8 Å². The maximum Gasteiger partial charge on any atom is 0.417 e. The van der Waals surface area contributed by atoms with Crippen molar-refractivity contribution in [1.29, 1.82) is 0 Å². The van der Waals surface area contributed by atoms with E-state index in [1.54, 1.807) is 75.0 Å². The Morgan fingerprint density at radius 2 is 1.11 bits per heavy atom. The molecule has 4 unspecified atom stereocenters. The average molecular weight is 1360 g/mol. The van der Waals surface area contributed by atoms with Crippen molar-refractivity contribution in [3.8, 4) is 22.8 Å². The van der Waals surface area contributed by atoms with Crippen LogP contribution >= 0.6 is 31.9 Å². The molecule has 3 aliphatic rings. The number of amides is 3. The first-order valence-corrected chi connectivity index (χ1v) is 30.6. The van der Waals surface area contributed by atoms with Gasteiger partial charge in [-0.1, -0.05) is 62.2 Å². The minimum atomic E-state index is -4.72. The zero-order chi connectivity index (χ0) is 63.2. The van der Waals surface area contributed by atoms with Crippen molar-refractivity contribution in [1.82, 2.24) is 58.2 Å². The van der Waals surface area contributed by atoms with Gasteiger partial charge in [-0.05, 0) is 148 Å². The Morgan fingerprint density at radius 3 is 1.61 bits per heavy atom. The quantitative estimate of drug-likeness (QED) is 0.117. The van der Waals surface area contributed by atoms with E-state index in [9.17, 15) is 40.7 Å². The second-order valence-corrected chi connectivity index (χ2v) is 25.0. The fraction of sp³-hybridized carbons (Fsp3) is 0.277. The number of carbonyl (C=O) groups excluding carboxylic acids is 3. The Labute approximate surface area is 525 Å². The molecular weight excluding hydrogens is 1300 g/mol. The molecule has 10 aromatic rings. The van der Waals surface area contributed by atoms with Crippen LogP contribution in [0.5, 0.6) is 0 Å². The lowest BCUT2D eigenvalue weighted by molar-refractivity contribution is -0.139. The van der Waals surface area contributed by atoms with E-state index >= 15 is 9.59 Å². The van der Waals surface area contributed by atoms with Crippen LogP contribution in [0.3, 0.4) is 0 Å². The predicted octanol–water partition coefficient (Wildman–Crippen LogP) is 11.5. The molecule has 5 aromatic carbocycles. The van der Waals surface area contributed by atoms with Crippen LogP contribution in [-0.2, 0) is 57.7 Å². The van der Waals surface area contributed by atoms with Gasteiger partial charge < -0.3 is 19.7 Å². The molecule has 2 aliphatic heterocycles. The number of carbonyl (C=O) groups is 3. The smallest absolute Gasteiger partial charge is 0.355 e. The standard InChI is InChI=1S/C65H54Br2F6N12O5/c1-35-23-48-54(32-80(35)60(87)41-15-21-52(66)50(27-41)64(68,69)70)84-58(44(29-76-84)25-37-7-5-4-6-8-37)82(62(48)89)46-17-11-38(12-18-46)56-78-75-34-79(56)31-43-10-9-40(43)26-45-30-77-85-55-33-81(61(88)42-16-22-53(67)51(28-42)65(71,72)73)36(2)24-49(55)63(90)83(59(45)85)47-19-13-39(14-20-47)57(86)74-3/h4-8,11-22,27-30,34-36,40,43H,9-10,23-26,31-33H2,1-3H3,(H,74,86). The average Bonchev–Trinajstić information content (AvgIpc) is 1.39. The SMILES string of the molecule is CNC(=O)c1ccc(-n2c(=O)c3c(n4ncc(CC5CCC5Cn5cnnc5-c5ccc(-n6c(=O)c7c(n8ncc(Cc9ccccc9)c68)CN(C(=O)c6ccc(Br)c(C(F)(F)F)c6)C(C)C7)cc5)c24)CN(C(=O)c2ccc(Br)c(C(F)(F)F)c2)C(C)C3)cc1. The lowest BCUT2D eigenvalue weighted by Crippen LogP contribution is -2.46. The Kier molecular flexibility index (Phi) is 15.4. The van der Waals surface area contributed by atoms with Crippen LogP contribution in [0.25, 0.3) is 34.1 Å². The maximum atomic E-state index is 15.1. The van der Waals surface area contributed by atoms with Gasteiger partial charge in [0.15, 0.2) is 5.82 Å². The summed E-state index contributed by atoms with van der Waals surface area (Å²) >= 11 is 5.94. The molecule has 17 nitrogen and oxygen atoms in total. The van der Waals surface area contributed by atoms with Gasteiger partial charge in [0.05, 0.1) is 59.4 Å². The number of rotatable bonds is 12. The molecule has 0 spiro atoms. The lowest BCUT2D eigenvalue weighted by atomic mass is 9.71. The van der Waals surface area contributed by atoms with Gasteiger partial charge in [-0.3, -0.25) is 33.1 Å². The summed E-state index contributed by atoms with van der Waals surface area (Å²) < 4.78 is 92.2. The highest BCUT2D eigenvalue weighted by atomic mass is 79.9. The normalized spacial score (nSPS) is 17.5. The second-order valence-electron chi connectivity index (χ2n) is 23.2. The molecule has 13 rings (SSSR count). The highest BCUT2D eigenvalue weighted by molar-refractivity contribution is 9.10. The zero-order valence-electron chi connectivity index (χ0n) is 48.4. The molecule has 0 saturated heterocycles. The fourth-order valence-electron chi connectivity index (χ4n) is 12.9. The lowest BCUT2D eigenvalue weighted by Gasteiger charge is -2.37. The third kappa shape index (κ3) is 10.7. The molecule has 90 heavy (non-hydrogen) atoms. The van der Waals surface area contributed by atoms with E-state index < -0.39 is 47.4 Å². The molecule has 5 aromatic heterocycles. The summed E-state index contributed by atoms with van der Waals surface area (Å²) in [5.74, 6) is -0.757. The third-order valence-corrected chi connectivity index (χ3v) is 19.2. The van der Waals surface area contributed by atoms with Crippen LogP contribution in [0.15, 0.2) is 153 Å². The van der Waals surface area contributed by atoms with E-state index in [0.29, 0.717) is 76.0 Å². The Balaban J connectivity index is 0.798. The number of hydrogen-bond acceptors (Lipinski definition) is 9. The minimum absolute atomic E-state index is 0.0855. The molecule has 460 valence electrons. The van der Waals surface area contributed by atoms with Crippen LogP contribution in [0.4, 0.5) is 26.3 Å². The summed E-state index contributed by atoms with van der Waals surface area (Å²) in [7, 11) is 1.52. The first-order valence-electron chi connectivity index (χ1n) is 29.0. The number of aromatic nitrogens is 9. The van der Waals surface area contributed by atoms with Crippen molar-refractivity contribution in [3.05, 3.63) is 231 Å². The molecule has 0 radical (unpaired) electrons. The highest BCUT2D eigenvalue weighted by Gasteiger charge is 2.40. The number of hydrogen-bond donors (Lipinski definition) is 1. The predicted molar refractivity (Wildman–Crippen MR) is 328 cm³/mol. The van der Waals surface area contributed by atoms with E-state index in [1.807, 2.05) is 59.2 Å². The van der Waals surface area contributed by atoms with Gasteiger partial charge in [-0.25, -0.2) is 9.03 Å². The summed E-state index contributed by atoms with van der Waals surface area (Å²) in [5, 5.41) is 21.2. The summed E-state index contributed by atoms with van der Waals surface area (Å²) in [6, 6.07) is 29.3. The fourth-order valence-corrected chi connectivity index (χ4v) is 13.9. The molecule has 4 atom stereocenters. The molecule has 25 heteroatoms. The second kappa shape index (κ2) is 23.1. The number of halogens is 8. The number of benzene rings is 5. The molecule has 3 amide bonds. The number of nitrogens with zero attached hydrogens (tertiary/aromatic N) is 11. The number of alkyl halides is 6. The van der Waals surface area contributed by atoms with Crippen molar-refractivity contribution < 1.29 is 40.7 Å². The summed E-state index contributed by atoms with van der Waals surface area (Å²) in [4.78, 5) is 74.0. The van der Waals surface area contributed by atoms with Crippen LogP contribution < -0.4 is 16.4 Å². The minimum Gasteiger partial charge on any atom is -0.355 e. The van der Waals surface area contributed by atoms with Gasteiger partial charge in [0, 0.05) is 85.5 Å². The van der Waals surface area contributed by atoms with Crippen molar-refractivity contribution in [2.75, 3.05) is 7.05 Å². The molecule has 0 bridgehead atoms. The number of fused-ring (bicyclic) bond motifs is 6. The largest absolute Gasteiger partial charge is 0.417 e. The molecule has 1 saturated carbocycles. The summed E-state index contributed by atoms with van der Waals surface area (Å²) in [6.45, 7) is 3.85. The maximum absolute atomic E-state index is 15.1. The molecule has 1 aliphatic carbocycles. The van der Waals surface area contributed by atoms with Gasteiger partial charge in [0.2, 0.25) is 0 Å². The first-order chi connectivity index (χ1) is 43.1. The Bertz CT molecular complexity index is 4650. The molecular formula is C65H54Br2F6N12O5. The van der Waals surface area contributed by atoms with Gasteiger partial charge >= 0.3 is 12.4 Å². The molecule has 1 fully saturated rings. The van der Waals surface area contributed by atoms with E-state index in [1.165, 1.54) is 41.1 Å². The van der Waals surface area contributed by atoms with E-state index in [2.05, 4.69) is 47.4 Å². The monoisotopic (exact) mass is 1350 g/mol. The number of nitrogens with one attached hydrogen (secondary N) is 1. The Morgan fingerprint density at radius 1 is 0.622 bits per heavy atom. The summed E-state index contributed by atoms with van der Waals surface area (Å²) in [6.07, 6.45) is -1.51. The zero-order valence-corrected chi connectivity index (χ0v) is 51.5. The van der Waals surface area contributed by atoms with Gasteiger partial charge in [0.25, 0.3) is 28.8 Å². The highest BCUT2D eigenvalue weighted by Crippen LogP contribution is 2.42. The topological polar surface area (TPSA) is 179 Å².